The fourth-order valence-electron chi connectivity index (χ4n) is 2.87. The van der Waals surface area contributed by atoms with Gasteiger partial charge < -0.3 is 10.3 Å². The van der Waals surface area contributed by atoms with E-state index in [-0.39, 0.29) is 11.5 Å². The first-order valence-corrected chi connectivity index (χ1v) is 9.14. The van der Waals surface area contributed by atoms with Crippen LogP contribution < -0.4 is 10.9 Å². The molecule has 1 amide bonds. The highest BCUT2D eigenvalue weighted by Gasteiger charge is 2.21. The number of anilines is 1. The maximum Gasteiger partial charge on any atom is 0.258 e. The van der Waals surface area contributed by atoms with Gasteiger partial charge in [-0.1, -0.05) is 30.7 Å². The summed E-state index contributed by atoms with van der Waals surface area (Å²) in [6, 6.07) is 13.8. The van der Waals surface area contributed by atoms with Gasteiger partial charge in [0, 0.05) is 10.7 Å². The van der Waals surface area contributed by atoms with Crippen molar-refractivity contribution in [3.63, 3.8) is 0 Å². The van der Waals surface area contributed by atoms with Gasteiger partial charge in [0.25, 0.3) is 5.56 Å². The zero-order valence-corrected chi connectivity index (χ0v) is 16.0. The molecule has 27 heavy (non-hydrogen) atoms. The Morgan fingerprint density at radius 2 is 1.93 bits per heavy atom. The van der Waals surface area contributed by atoms with Crippen LogP contribution in [-0.2, 0) is 11.3 Å². The highest BCUT2D eigenvalue weighted by Crippen LogP contribution is 2.15. The van der Waals surface area contributed by atoms with E-state index >= 15 is 0 Å². The Bertz CT molecular complexity index is 1000. The van der Waals surface area contributed by atoms with Gasteiger partial charge >= 0.3 is 0 Å². The number of hydrogen-bond acceptors (Lipinski definition) is 4. The number of amides is 1. The van der Waals surface area contributed by atoms with Crippen molar-refractivity contribution in [2.24, 2.45) is 0 Å². The van der Waals surface area contributed by atoms with Crippen LogP contribution in [0.3, 0.4) is 0 Å². The van der Waals surface area contributed by atoms with Gasteiger partial charge in [-0.3, -0.25) is 14.5 Å². The number of carbonyl (C=O) groups is 1. The zero-order valence-electron chi connectivity index (χ0n) is 15.2. The van der Waals surface area contributed by atoms with E-state index in [1.807, 2.05) is 24.8 Å². The highest BCUT2D eigenvalue weighted by molar-refractivity contribution is 6.30. The molecule has 140 valence electrons. The third-order valence-corrected chi connectivity index (χ3v) is 4.71. The molecule has 2 N–H and O–H groups in total. The molecule has 1 heterocycles. The average Bonchev–Trinajstić information content (AvgIpc) is 2.67. The molecule has 3 aromatic rings. The molecule has 0 aliphatic heterocycles. The Balaban J connectivity index is 1.75. The Morgan fingerprint density at radius 3 is 2.63 bits per heavy atom. The van der Waals surface area contributed by atoms with Crippen LogP contribution in [0.4, 0.5) is 5.69 Å². The molecule has 0 radical (unpaired) electrons. The first kappa shape index (κ1) is 19.1. The molecule has 3 rings (SSSR count). The van der Waals surface area contributed by atoms with Crippen molar-refractivity contribution >= 4 is 34.1 Å². The summed E-state index contributed by atoms with van der Waals surface area (Å²) in [6.45, 7) is 4.79. The van der Waals surface area contributed by atoms with E-state index in [9.17, 15) is 9.59 Å². The van der Waals surface area contributed by atoms with E-state index in [4.69, 9.17) is 11.6 Å². The molecule has 0 saturated heterocycles. The largest absolute Gasteiger partial charge is 0.325 e. The van der Waals surface area contributed by atoms with Crippen LogP contribution in [0.5, 0.6) is 0 Å². The Hall–Kier alpha value is -2.70. The van der Waals surface area contributed by atoms with Gasteiger partial charge in [0.2, 0.25) is 5.91 Å². The van der Waals surface area contributed by atoms with Crippen molar-refractivity contribution in [3.8, 4) is 0 Å². The van der Waals surface area contributed by atoms with Crippen molar-refractivity contribution in [2.45, 2.75) is 26.4 Å². The fraction of sp³-hybridized carbons (Fsp3) is 0.250. The molecule has 0 spiro atoms. The number of likely N-dealkylation sites (N-methyl/N-ethyl adjacent to an activating group) is 1. The van der Waals surface area contributed by atoms with Gasteiger partial charge in [0.05, 0.1) is 23.5 Å². The second kappa shape index (κ2) is 8.33. The quantitative estimate of drug-likeness (QED) is 0.682. The number of benzene rings is 2. The van der Waals surface area contributed by atoms with Crippen LogP contribution in [0.25, 0.3) is 10.9 Å². The zero-order chi connectivity index (χ0) is 19.4. The molecule has 0 fully saturated rings. The molecule has 0 aliphatic carbocycles. The molecule has 0 aliphatic rings. The van der Waals surface area contributed by atoms with Gasteiger partial charge in [-0.2, -0.15) is 0 Å². The fourth-order valence-corrected chi connectivity index (χ4v) is 3.00. The molecule has 1 atom stereocenters. The Morgan fingerprint density at radius 1 is 1.22 bits per heavy atom. The maximum atomic E-state index is 12.6. The number of para-hydroxylation sites is 1. The summed E-state index contributed by atoms with van der Waals surface area (Å²) in [6.07, 6.45) is 0. The van der Waals surface area contributed by atoms with Gasteiger partial charge in [-0.15, -0.1) is 0 Å². The predicted octanol–water partition coefficient (Wildman–Crippen LogP) is 3.43. The van der Waals surface area contributed by atoms with E-state index in [0.717, 1.165) is 0 Å². The molecule has 7 heteroatoms. The number of halogens is 1. The Kier molecular flexibility index (Phi) is 5.88. The van der Waals surface area contributed by atoms with E-state index < -0.39 is 6.04 Å². The first-order valence-electron chi connectivity index (χ1n) is 8.76. The molecule has 1 aromatic heterocycles. The molecule has 0 bridgehead atoms. The summed E-state index contributed by atoms with van der Waals surface area (Å²) in [5.74, 6) is 0.397. The van der Waals surface area contributed by atoms with Crippen molar-refractivity contribution in [3.05, 3.63) is 69.7 Å². The van der Waals surface area contributed by atoms with Crippen LogP contribution in [0.15, 0.2) is 53.3 Å². The normalized spacial score (nSPS) is 12.3. The summed E-state index contributed by atoms with van der Waals surface area (Å²) < 4.78 is 0. The molecule has 1 unspecified atom stereocenters. The monoisotopic (exact) mass is 384 g/mol. The Labute approximate surface area is 162 Å². The van der Waals surface area contributed by atoms with Gasteiger partial charge in [-0.25, -0.2) is 4.98 Å². The molecule has 0 saturated carbocycles. The standard InChI is InChI=1S/C20H21ClN4O2/c1-3-25(13(2)19(26)22-15-10-8-14(21)9-11-15)12-18-23-17-7-5-4-6-16(17)20(27)24-18/h4-11,13H,3,12H2,1-2H3,(H,22,26)(H,23,24,27). The number of fused-ring (bicyclic) bond motifs is 1. The van der Waals surface area contributed by atoms with Crippen molar-refractivity contribution in [2.75, 3.05) is 11.9 Å². The predicted molar refractivity (Wildman–Crippen MR) is 108 cm³/mol. The van der Waals surface area contributed by atoms with Crippen LogP contribution in [0.2, 0.25) is 5.02 Å². The molecule has 2 aromatic carbocycles. The van der Waals surface area contributed by atoms with Crippen molar-refractivity contribution < 1.29 is 4.79 Å². The minimum atomic E-state index is -0.401. The average molecular weight is 385 g/mol. The molecule has 6 nitrogen and oxygen atoms in total. The number of hydrogen-bond donors (Lipinski definition) is 2. The minimum absolute atomic E-state index is 0.137. The van der Waals surface area contributed by atoms with E-state index in [0.29, 0.717) is 40.5 Å². The first-order chi connectivity index (χ1) is 13.0. The van der Waals surface area contributed by atoms with E-state index in [1.54, 1.807) is 42.5 Å². The maximum absolute atomic E-state index is 12.6. The van der Waals surface area contributed by atoms with Gasteiger partial charge in [-0.05, 0) is 49.9 Å². The lowest BCUT2D eigenvalue weighted by Gasteiger charge is -2.26. The number of nitrogens with one attached hydrogen (secondary N) is 2. The van der Waals surface area contributed by atoms with Gasteiger partial charge in [0.1, 0.15) is 5.82 Å². The van der Waals surface area contributed by atoms with E-state index in [2.05, 4.69) is 15.3 Å². The second-order valence-electron chi connectivity index (χ2n) is 6.26. The van der Waals surface area contributed by atoms with Gasteiger partial charge in [0.15, 0.2) is 0 Å². The highest BCUT2D eigenvalue weighted by atomic mass is 35.5. The number of aromatic amines is 1. The number of nitrogens with zero attached hydrogens (tertiary/aromatic N) is 2. The lowest BCUT2D eigenvalue weighted by molar-refractivity contribution is -0.120. The third kappa shape index (κ3) is 4.53. The second-order valence-corrected chi connectivity index (χ2v) is 6.70. The topological polar surface area (TPSA) is 78.1 Å². The minimum Gasteiger partial charge on any atom is -0.325 e. The van der Waals surface area contributed by atoms with Crippen LogP contribution >= 0.6 is 11.6 Å². The number of rotatable bonds is 6. The summed E-state index contributed by atoms with van der Waals surface area (Å²) in [7, 11) is 0. The van der Waals surface area contributed by atoms with E-state index in [1.165, 1.54) is 0 Å². The summed E-state index contributed by atoms with van der Waals surface area (Å²) in [4.78, 5) is 34.1. The number of aromatic nitrogens is 2. The smallest absolute Gasteiger partial charge is 0.258 e. The summed E-state index contributed by atoms with van der Waals surface area (Å²) in [5.41, 5.74) is 1.15. The van der Waals surface area contributed by atoms with Crippen LogP contribution in [0, 0.1) is 0 Å². The lowest BCUT2D eigenvalue weighted by Crippen LogP contribution is -2.42. The van der Waals surface area contributed by atoms with Crippen LogP contribution in [-0.4, -0.2) is 33.4 Å². The van der Waals surface area contributed by atoms with Crippen LogP contribution in [0.1, 0.15) is 19.7 Å². The number of carbonyl (C=O) groups excluding carboxylic acids is 1. The third-order valence-electron chi connectivity index (χ3n) is 4.46. The summed E-state index contributed by atoms with van der Waals surface area (Å²) >= 11 is 5.87. The lowest BCUT2D eigenvalue weighted by atomic mass is 10.2. The number of H-pyrrole nitrogens is 1. The SMILES string of the molecule is CCN(Cc1nc2ccccc2c(=O)[nH]1)C(C)C(=O)Nc1ccc(Cl)cc1. The molecular formula is C20H21ClN4O2. The van der Waals surface area contributed by atoms with Crippen molar-refractivity contribution in [1.82, 2.24) is 14.9 Å². The molecular weight excluding hydrogens is 364 g/mol. The summed E-state index contributed by atoms with van der Waals surface area (Å²) in [5, 5.41) is 4.05. The van der Waals surface area contributed by atoms with Crippen molar-refractivity contribution in [1.29, 1.82) is 0 Å².